The number of nitrogens with zero attached hydrogens (tertiary/aromatic N) is 9. The Morgan fingerprint density at radius 3 is 0.629 bits per heavy atom. The van der Waals surface area contributed by atoms with Crippen molar-refractivity contribution in [1.82, 2.24) is 42.0 Å². The van der Waals surface area contributed by atoms with E-state index in [0.29, 0.717) is 6.10 Å². The van der Waals surface area contributed by atoms with Crippen LogP contribution in [0.4, 0.5) is 0 Å². The van der Waals surface area contributed by atoms with E-state index in [-0.39, 0.29) is 30.7 Å². The van der Waals surface area contributed by atoms with Crippen LogP contribution in [0.1, 0.15) is 75.4 Å². The van der Waals surface area contributed by atoms with E-state index in [0.717, 1.165) is 252 Å². The molecule has 12 aliphatic rings. The van der Waals surface area contributed by atoms with Gasteiger partial charge in [-0.15, -0.1) is 28.0 Å². The van der Waals surface area contributed by atoms with Crippen molar-refractivity contribution in [3.8, 4) is 0 Å². The van der Waals surface area contributed by atoms with Gasteiger partial charge in [0.25, 0.3) is 0 Å². The number of rotatable bonds is 17. The van der Waals surface area contributed by atoms with E-state index in [1.807, 2.05) is 48.5 Å². The summed E-state index contributed by atoms with van der Waals surface area (Å²) in [7, 11) is 21.1. The van der Waals surface area contributed by atoms with Crippen LogP contribution in [0, 0.1) is 0 Å². The monoisotopic (exact) mass is 2250 g/mol. The van der Waals surface area contributed by atoms with E-state index < -0.39 is 59.6 Å². The van der Waals surface area contributed by atoms with E-state index in [2.05, 4.69) is 304 Å². The van der Waals surface area contributed by atoms with Gasteiger partial charge < -0.3 is 47.4 Å². The van der Waals surface area contributed by atoms with Gasteiger partial charge in [0.2, 0.25) is 16.7 Å². The van der Waals surface area contributed by atoms with E-state index >= 15 is 0 Å². The first-order chi connectivity index (χ1) is 67.7. The quantitative estimate of drug-likeness (QED) is 0.0634. The Balaban J connectivity index is 0.000000144. The molecule has 10 aromatic rings. The van der Waals surface area contributed by atoms with E-state index in [9.17, 15) is 0 Å². The maximum absolute atomic E-state index is 6.19. The van der Waals surface area contributed by atoms with Crippen molar-refractivity contribution in [3.05, 3.63) is 337 Å². The predicted molar refractivity (Wildman–Crippen MR) is 595 cm³/mol. The van der Waals surface area contributed by atoms with Crippen LogP contribution in [-0.4, -0.2) is 300 Å². The Bertz CT molecular complexity index is 4560. The second kappa shape index (κ2) is 63.8. The zero-order valence-corrected chi connectivity index (χ0v) is 90.2. The summed E-state index contributed by atoms with van der Waals surface area (Å²) in [4.78, 5) is 0. The van der Waals surface area contributed by atoms with Gasteiger partial charge in [-0.3, -0.25) is 14.0 Å². The van der Waals surface area contributed by atoms with Gasteiger partial charge in [-0.1, -0.05) is 131 Å². The molecule has 0 spiro atoms. The average Bonchev–Trinajstić information content (AvgIpc) is 1.63. The first-order valence-corrected chi connectivity index (χ1v) is 65.9. The molecular formula is C110H148Cl4N9O10P5Ru2+4. The molecule has 0 N–H and O–H groups in total. The Hall–Kier alpha value is -4.78. The Morgan fingerprint density at radius 1 is 0.250 bits per heavy atom. The number of hydrogen-bond donors (Lipinski definition) is 0. The summed E-state index contributed by atoms with van der Waals surface area (Å²) < 4.78 is 80.8. The largest absolute Gasteiger partial charge is 0.102 e. The minimum absolute atomic E-state index is 0. The molecule has 0 bridgehead atoms. The molecule has 10 saturated heterocycles. The predicted octanol–water partition coefficient (Wildman–Crippen LogP) is 18.7. The number of hydrogen-bond acceptors (Lipinski definition) is 19. The van der Waals surface area contributed by atoms with Crippen molar-refractivity contribution >= 4 is 131 Å². The van der Waals surface area contributed by atoms with Crippen LogP contribution in [0.15, 0.2) is 303 Å². The second-order valence-electron chi connectivity index (χ2n) is 33.9. The fourth-order valence-electron chi connectivity index (χ4n) is 18.2. The fraction of sp³-hybridized carbons (Fsp3) is 0.400. The maximum Gasteiger partial charge on any atom is 0.102 e. The third-order valence-corrected chi connectivity index (χ3v) is 45.5. The van der Waals surface area contributed by atoms with Crippen molar-refractivity contribution in [1.29, 1.82) is 0 Å². The van der Waals surface area contributed by atoms with Gasteiger partial charge in [0, 0.05) is 45.9 Å². The minimum Gasteiger partial charge on any atom is -0.0620 e. The van der Waals surface area contributed by atoms with Gasteiger partial charge in [-0.05, 0) is 92.6 Å². The van der Waals surface area contributed by atoms with Gasteiger partial charge in [0.1, 0.15) is 40.2 Å². The van der Waals surface area contributed by atoms with Gasteiger partial charge >= 0.3 is 240 Å². The molecule has 0 aromatic heterocycles. The molecule has 22 rings (SSSR count). The third kappa shape index (κ3) is 34.4. The molecular weight excluding hydrogens is 2110 g/mol. The van der Waals surface area contributed by atoms with Crippen LogP contribution < -0.4 is 31.8 Å². The number of morpholine rings is 9. The van der Waals surface area contributed by atoms with Crippen molar-refractivity contribution in [2.45, 2.75) is 48.1 Å². The van der Waals surface area contributed by atoms with Gasteiger partial charge in [0.05, 0.1) is 219 Å². The van der Waals surface area contributed by atoms with Crippen LogP contribution in [0.5, 0.6) is 0 Å². The Morgan fingerprint density at radius 2 is 0.443 bits per heavy atom. The molecule has 10 heterocycles. The summed E-state index contributed by atoms with van der Waals surface area (Å²) >= 11 is -3.76. The zero-order valence-electron chi connectivity index (χ0n) is 78.8. The van der Waals surface area contributed by atoms with E-state index in [1.165, 1.54) is 89.2 Å². The molecule has 10 aromatic carbocycles. The molecule has 0 saturated carbocycles. The number of fused-ring (bicyclic) bond motifs is 2. The molecule has 2 aliphatic carbocycles. The van der Waals surface area contributed by atoms with Crippen LogP contribution in [0.25, 0.3) is 11.1 Å². The summed E-state index contributed by atoms with van der Waals surface area (Å²) in [5.41, 5.74) is 9.73. The molecule has 0 amide bonds. The van der Waals surface area contributed by atoms with Crippen LogP contribution in [0.3, 0.4) is 0 Å². The average molecular weight is 2260 g/mol. The van der Waals surface area contributed by atoms with Gasteiger partial charge in [-0.2, -0.15) is 0 Å². The normalized spacial score (nSPS) is 19.8. The third-order valence-electron chi connectivity index (χ3n) is 24.9. The number of allylic oxidation sites excluding steroid dienone is 2. The molecule has 1 atom stereocenters. The SMILES string of the molecule is C.C.C.C1CN(P(N2CCOCC2)N2CCOCC2)CCO1.C1CN([PH+](N2CCOCC2)N2CCOCC2)CCO1.C1CN([PH+](N2CCOCC2)N2CCOCC2)CCO1.CC1CCCO1.[Cl][Ru]([Cl])=[C]1C=C(c2ccccc2)c2ccccc21.[Cl][Ru]([Cl])=[C]1C=C(c2ccccc2)c2ccccc21.c1ccc([PH+](c2ccccc2)c2ccccc2)cc1.c1ccc([PH+](c2ccccc2)c2ccccc2)cc1. The molecule has 1 unspecified atom stereocenters. The number of benzene rings is 10. The first kappa shape index (κ1) is 114. The van der Waals surface area contributed by atoms with Gasteiger partial charge in [-0.25, -0.2) is 0 Å². The molecule has 19 nitrogen and oxygen atoms in total. The molecule has 30 heteroatoms. The van der Waals surface area contributed by atoms with Crippen molar-refractivity contribution in [3.63, 3.8) is 0 Å². The first-order valence-electron chi connectivity index (χ1n) is 48.3. The van der Waals surface area contributed by atoms with Gasteiger partial charge in [0.15, 0.2) is 0 Å². The van der Waals surface area contributed by atoms with Crippen LogP contribution in [0.2, 0.25) is 0 Å². The van der Waals surface area contributed by atoms with E-state index in [4.69, 9.17) is 86.1 Å². The van der Waals surface area contributed by atoms with Crippen molar-refractivity contribution in [2.24, 2.45) is 0 Å². The van der Waals surface area contributed by atoms with Crippen LogP contribution in [-0.2, 0) is 74.4 Å². The number of halogens is 4. The molecule has 10 fully saturated rings. The number of ether oxygens (including phenoxy) is 10. The standard InChI is InChI=1S/2C18H15P.2C15H10.3C12H24N3O3P.C5H10O.3CH4.4ClH.2Ru/c2*1-4-10-16(11-5-1)19(17-12-6-2-7-13-17)18-14-8-3-9-15-18;2*1-2-6-12(7-3-1)15-11-10-13-8-4-5-9-14(13)15;3*1-7-16-8-2-13(1)19(14-3-9-17-10-4-14)15-5-11-18-12-6-15;1-5-3-2-4-6-5;;;;;;;;;/h2*1-15H;2*1-9,11H;3*1-12H2;5H,2-4H2,1H3;3*1H4;4*1H;;/q;;;;;;;;;;;;;;;2*+2. The summed E-state index contributed by atoms with van der Waals surface area (Å²) in [5.74, 6) is 0. The molecule has 758 valence electrons. The van der Waals surface area contributed by atoms with Crippen molar-refractivity contribution < 1.29 is 74.4 Å². The minimum atomic E-state index is -1.88. The van der Waals surface area contributed by atoms with Crippen molar-refractivity contribution in [2.75, 3.05) is 243 Å². The smallest absolute Gasteiger partial charge is 0.0620 e. The maximum atomic E-state index is 6.19. The molecule has 10 aliphatic heterocycles. The Labute approximate surface area is 868 Å². The summed E-state index contributed by atoms with van der Waals surface area (Å²) in [6.45, 7) is 38.1. The summed E-state index contributed by atoms with van der Waals surface area (Å²) in [6, 6.07) is 102. The second-order valence-corrected chi connectivity index (χ2v) is 57.7. The Kier molecular flexibility index (Phi) is 51.9. The summed E-state index contributed by atoms with van der Waals surface area (Å²) in [5, 5.41) is 8.61. The molecule has 0 radical (unpaired) electrons. The zero-order chi connectivity index (χ0) is 94.1. The molecule has 140 heavy (non-hydrogen) atoms. The van der Waals surface area contributed by atoms with Crippen LogP contribution >= 0.6 is 79.7 Å². The topological polar surface area (TPSA) is 121 Å². The summed E-state index contributed by atoms with van der Waals surface area (Å²) in [6.07, 6.45) is 7.38. The van der Waals surface area contributed by atoms with E-state index in [1.54, 1.807) is 0 Å². The fourth-order valence-corrected chi connectivity index (χ4v) is 36.9.